The van der Waals surface area contributed by atoms with E-state index < -0.39 is 11.7 Å². The maximum atomic E-state index is 13.6. The van der Waals surface area contributed by atoms with E-state index in [0.29, 0.717) is 16.7 Å². The van der Waals surface area contributed by atoms with Crippen LogP contribution in [-0.4, -0.2) is 21.9 Å². The molecule has 0 atom stereocenters. The van der Waals surface area contributed by atoms with Gasteiger partial charge in [-0.2, -0.15) is 0 Å². The molecule has 9 heteroatoms. The molecule has 0 aliphatic heterocycles. The van der Waals surface area contributed by atoms with Crippen LogP contribution in [0.5, 0.6) is 5.75 Å². The van der Waals surface area contributed by atoms with Gasteiger partial charge in [0.15, 0.2) is 6.61 Å². The number of benzene rings is 2. The molecular weight excluding hydrogens is 393 g/mol. The number of nitrogens with zero attached hydrogens (tertiary/aromatic N) is 2. The highest BCUT2D eigenvalue weighted by molar-refractivity contribution is 7.99. The number of anilines is 1. The zero-order valence-electron chi connectivity index (χ0n) is 14.2. The highest BCUT2D eigenvalue weighted by Crippen LogP contribution is 2.21. The molecule has 140 valence electrons. The van der Waals surface area contributed by atoms with Gasteiger partial charge in [0.2, 0.25) is 5.91 Å². The van der Waals surface area contributed by atoms with Crippen LogP contribution in [-0.2, 0) is 11.4 Å². The Morgan fingerprint density at radius 3 is 2.96 bits per heavy atom. The molecule has 0 saturated heterocycles. The monoisotopic (exact) mass is 407 g/mol. The molecule has 0 aliphatic rings. The van der Waals surface area contributed by atoms with Crippen LogP contribution in [0.15, 0.2) is 52.1 Å². The number of ether oxygens (including phenoxy) is 1. The Kier molecular flexibility index (Phi) is 6.31. The maximum Gasteiger partial charge on any atom is 0.277 e. The molecule has 1 aromatic heterocycles. The minimum atomic E-state index is -0.564. The number of amides is 1. The van der Waals surface area contributed by atoms with E-state index in [1.807, 2.05) is 31.2 Å². The van der Waals surface area contributed by atoms with E-state index in [0.717, 1.165) is 17.3 Å². The van der Waals surface area contributed by atoms with Gasteiger partial charge in [-0.15, -0.1) is 10.2 Å². The molecule has 3 rings (SSSR count). The molecule has 3 aromatic rings. The predicted octanol–water partition coefficient (Wildman–Crippen LogP) is 4.48. The van der Waals surface area contributed by atoms with Gasteiger partial charge in [-0.1, -0.05) is 35.5 Å². The van der Waals surface area contributed by atoms with Crippen molar-refractivity contribution in [1.82, 2.24) is 10.2 Å². The fraction of sp³-hybridized carbons (Fsp3) is 0.167. The first-order chi connectivity index (χ1) is 13.0. The predicted molar refractivity (Wildman–Crippen MR) is 101 cm³/mol. The van der Waals surface area contributed by atoms with Crippen molar-refractivity contribution >= 4 is 35.0 Å². The van der Waals surface area contributed by atoms with Crippen LogP contribution >= 0.6 is 23.4 Å². The lowest BCUT2D eigenvalue weighted by molar-refractivity contribution is -0.113. The smallest absolute Gasteiger partial charge is 0.277 e. The highest BCUT2D eigenvalue weighted by atomic mass is 35.5. The van der Waals surface area contributed by atoms with E-state index in [1.54, 1.807) is 0 Å². The summed E-state index contributed by atoms with van der Waals surface area (Å²) in [6.45, 7) is 2.09. The van der Waals surface area contributed by atoms with E-state index in [9.17, 15) is 9.18 Å². The lowest BCUT2D eigenvalue weighted by Crippen LogP contribution is -2.15. The van der Waals surface area contributed by atoms with Gasteiger partial charge in [-0.3, -0.25) is 4.79 Å². The molecule has 1 heterocycles. The van der Waals surface area contributed by atoms with Crippen molar-refractivity contribution < 1.29 is 18.3 Å². The highest BCUT2D eigenvalue weighted by Gasteiger charge is 2.12. The van der Waals surface area contributed by atoms with Crippen LogP contribution in [0, 0.1) is 12.7 Å². The summed E-state index contributed by atoms with van der Waals surface area (Å²) in [7, 11) is 0. The van der Waals surface area contributed by atoms with Crippen molar-refractivity contribution in [3.63, 3.8) is 0 Å². The summed E-state index contributed by atoms with van der Waals surface area (Å²) in [5.41, 5.74) is 1.10. The van der Waals surface area contributed by atoms with Crippen molar-refractivity contribution in [3.05, 3.63) is 64.8 Å². The number of carbonyl (C=O) groups is 1. The van der Waals surface area contributed by atoms with Gasteiger partial charge in [-0.05, 0) is 42.8 Å². The van der Waals surface area contributed by atoms with Crippen LogP contribution in [0.2, 0.25) is 5.02 Å². The fourth-order valence-electron chi connectivity index (χ4n) is 2.11. The lowest BCUT2D eigenvalue weighted by atomic mass is 10.2. The molecule has 27 heavy (non-hydrogen) atoms. The van der Waals surface area contributed by atoms with Crippen molar-refractivity contribution in [1.29, 1.82) is 0 Å². The molecule has 0 aliphatic carbocycles. The number of hydrogen-bond acceptors (Lipinski definition) is 6. The summed E-state index contributed by atoms with van der Waals surface area (Å²) in [5.74, 6) is -0.0135. The Bertz CT molecular complexity index is 951. The summed E-state index contributed by atoms with van der Waals surface area (Å²) in [5, 5.41) is 10.7. The third-order valence-corrected chi connectivity index (χ3v) is 4.38. The van der Waals surface area contributed by atoms with Crippen LogP contribution in [0.1, 0.15) is 11.5 Å². The first-order valence-corrected chi connectivity index (χ1v) is 9.25. The Labute approximate surface area is 164 Å². The maximum absolute atomic E-state index is 13.6. The van der Waals surface area contributed by atoms with E-state index in [2.05, 4.69) is 15.5 Å². The fourth-order valence-corrected chi connectivity index (χ4v) is 2.86. The molecule has 0 radical (unpaired) electrons. The van der Waals surface area contributed by atoms with E-state index in [1.165, 1.54) is 18.2 Å². The van der Waals surface area contributed by atoms with Gasteiger partial charge in [0.1, 0.15) is 11.6 Å². The van der Waals surface area contributed by atoms with Crippen molar-refractivity contribution in [2.75, 3.05) is 11.1 Å². The van der Waals surface area contributed by atoms with Gasteiger partial charge in [0.25, 0.3) is 11.1 Å². The molecule has 6 nitrogen and oxygen atoms in total. The SMILES string of the molecule is Cc1cccc(OCc2nnc(SCC(=O)Nc3cc(Cl)ccc3F)o2)c1. The Hall–Kier alpha value is -2.58. The molecule has 2 aromatic carbocycles. The number of thioether (sulfide) groups is 1. The molecule has 0 saturated carbocycles. The number of halogens is 2. The molecular formula is C18H15ClFN3O3S. The topological polar surface area (TPSA) is 77.2 Å². The first kappa shape index (κ1) is 19.2. The lowest BCUT2D eigenvalue weighted by Gasteiger charge is -2.05. The number of aryl methyl sites for hydroxylation is 1. The second-order valence-electron chi connectivity index (χ2n) is 5.53. The summed E-state index contributed by atoms with van der Waals surface area (Å²) in [6, 6.07) is 11.5. The number of nitrogens with one attached hydrogen (secondary N) is 1. The number of hydrogen-bond donors (Lipinski definition) is 1. The normalized spacial score (nSPS) is 10.6. The third-order valence-electron chi connectivity index (χ3n) is 3.33. The van der Waals surface area contributed by atoms with Gasteiger partial charge < -0.3 is 14.5 Å². The van der Waals surface area contributed by atoms with Crippen LogP contribution in [0.25, 0.3) is 0 Å². The van der Waals surface area contributed by atoms with Gasteiger partial charge in [-0.25, -0.2) is 4.39 Å². The van der Waals surface area contributed by atoms with Crippen LogP contribution < -0.4 is 10.1 Å². The minimum absolute atomic E-state index is 0.0193. The van der Waals surface area contributed by atoms with Crippen molar-refractivity contribution in [3.8, 4) is 5.75 Å². The summed E-state index contributed by atoms with van der Waals surface area (Å²) in [4.78, 5) is 11.9. The second kappa shape index (κ2) is 8.88. The third kappa shape index (κ3) is 5.70. The quantitative estimate of drug-likeness (QED) is 0.582. The Morgan fingerprint density at radius 2 is 2.15 bits per heavy atom. The van der Waals surface area contributed by atoms with E-state index >= 15 is 0 Å². The van der Waals surface area contributed by atoms with Gasteiger partial charge in [0.05, 0.1) is 11.4 Å². The van der Waals surface area contributed by atoms with Crippen molar-refractivity contribution in [2.24, 2.45) is 0 Å². The average molecular weight is 408 g/mol. The molecule has 1 N–H and O–H groups in total. The second-order valence-corrected chi connectivity index (χ2v) is 6.89. The molecule has 0 fully saturated rings. The van der Waals surface area contributed by atoms with Crippen molar-refractivity contribution in [2.45, 2.75) is 18.8 Å². The summed E-state index contributed by atoms with van der Waals surface area (Å²) in [6.07, 6.45) is 0. The van der Waals surface area contributed by atoms with Crippen LogP contribution in [0.3, 0.4) is 0 Å². The number of rotatable bonds is 7. The zero-order valence-corrected chi connectivity index (χ0v) is 15.8. The average Bonchev–Trinajstić information content (AvgIpc) is 3.09. The molecule has 0 spiro atoms. The molecule has 0 unspecified atom stereocenters. The number of carbonyl (C=O) groups excluding carboxylic acids is 1. The van der Waals surface area contributed by atoms with Crippen LogP contribution in [0.4, 0.5) is 10.1 Å². The number of aromatic nitrogens is 2. The summed E-state index contributed by atoms with van der Waals surface area (Å²) >= 11 is 6.83. The molecule has 1 amide bonds. The largest absolute Gasteiger partial charge is 0.484 e. The van der Waals surface area contributed by atoms with E-state index in [4.69, 9.17) is 20.8 Å². The van der Waals surface area contributed by atoms with E-state index in [-0.39, 0.29) is 23.3 Å². The standard InChI is InChI=1S/C18H15ClFN3O3S/c1-11-3-2-4-13(7-11)25-9-17-22-23-18(26-17)27-10-16(24)21-15-8-12(19)5-6-14(15)20/h2-8H,9-10H2,1H3,(H,21,24). The first-order valence-electron chi connectivity index (χ1n) is 7.89. The summed E-state index contributed by atoms with van der Waals surface area (Å²) < 4.78 is 24.6. The Balaban J connectivity index is 1.49. The zero-order chi connectivity index (χ0) is 19.2. The van der Waals surface area contributed by atoms with Gasteiger partial charge >= 0.3 is 0 Å². The van der Waals surface area contributed by atoms with Gasteiger partial charge in [0, 0.05) is 5.02 Å². The minimum Gasteiger partial charge on any atom is -0.484 e. The Morgan fingerprint density at radius 1 is 1.30 bits per heavy atom. The molecule has 0 bridgehead atoms.